The third-order valence-electron chi connectivity index (χ3n) is 2.66. The van der Waals surface area contributed by atoms with Crippen molar-refractivity contribution >= 4 is 15.5 Å². The first-order valence-corrected chi connectivity index (χ1v) is 6.37. The first kappa shape index (κ1) is 10.4. The zero-order valence-electron chi connectivity index (χ0n) is 8.33. The number of rotatable bonds is 1. The molecule has 0 aromatic heterocycles. The van der Waals surface area contributed by atoms with Crippen LogP contribution < -0.4 is 5.32 Å². The highest BCUT2D eigenvalue weighted by Gasteiger charge is 2.32. The maximum Gasteiger partial charge on any atom is 0.184 e. The third kappa shape index (κ3) is 1.61. The Morgan fingerprint density at radius 3 is 2.93 bits per heavy atom. The molecule has 0 aliphatic carbocycles. The van der Waals surface area contributed by atoms with Gasteiger partial charge in [-0.1, -0.05) is 6.92 Å². The summed E-state index contributed by atoms with van der Waals surface area (Å²) < 4.78 is 36.9. The van der Waals surface area contributed by atoms with Crippen molar-refractivity contribution < 1.29 is 12.8 Å². The van der Waals surface area contributed by atoms with Crippen LogP contribution in [0.4, 0.5) is 10.1 Å². The van der Waals surface area contributed by atoms with E-state index in [1.165, 1.54) is 18.2 Å². The molecule has 1 aliphatic rings. The summed E-state index contributed by atoms with van der Waals surface area (Å²) in [6.45, 7) is 2.19. The SMILES string of the molecule is CCC1CNc2cc(F)ccc2S1(=O)=O. The minimum absolute atomic E-state index is 0.210. The van der Waals surface area contributed by atoms with Crippen molar-refractivity contribution in [3.05, 3.63) is 24.0 Å². The molecule has 1 heterocycles. The molecule has 1 aromatic rings. The fourth-order valence-electron chi connectivity index (χ4n) is 1.77. The lowest BCUT2D eigenvalue weighted by Gasteiger charge is -2.25. The van der Waals surface area contributed by atoms with Crippen molar-refractivity contribution in [1.29, 1.82) is 0 Å². The number of nitrogens with one attached hydrogen (secondary N) is 1. The number of benzene rings is 1. The van der Waals surface area contributed by atoms with Crippen LogP contribution in [0.2, 0.25) is 0 Å². The lowest BCUT2D eigenvalue weighted by atomic mass is 10.2. The highest BCUT2D eigenvalue weighted by Crippen LogP contribution is 2.31. The zero-order chi connectivity index (χ0) is 11.1. The van der Waals surface area contributed by atoms with E-state index >= 15 is 0 Å². The van der Waals surface area contributed by atoms with Crippen molar-refractivity contribution in [2.24, 2.45) is 0 Å². The molecule has 5 heteroatoms. The third-order valence-corrected chi connectivity index (χ3v) is 5.01. The van der Waals surface area contributed by atoms with Crippen molar-refractivity contribution in [2.45, 2.75) is 23.5 Å². The van der Waals surface area contributed by atoms with E-state index in [9.17, 15) is 12.8 Å². The zero-order valence-corrected chi connectivity index (χ0v) is 9.14. The van der Waals surface area contributed by atoms with Gasteiger partial charge in [0, 0.05) is 6.54 Å². The number of fused-ring (bicyclic) bond motifs is 1. The number of hydrogen-bond donors (Lipinski definition) is 1. The molecule has 0 saturated carbocycles. The highest BCUT2D eigenvalue weighted by atomic mass is 32.2. The number of sulfone groups is 1. The van der Waals surface area contributed by atoms with Gasteiger partial charge in [-0.2, -0.15) is 0 Å². The predicted molar refractivity (Wildman–Crippen MR) is 56.2 cm³/mol. The molecule has 3 nitrogen and oxygen atoms in total. The van der Waals surface area contributed by atoms with Gasteiger partial charge in [-0.15, -0.1) is 0 Å². The van der Waals surface area contributed by atoms with E-state index < -0.39 is 20.9 Å². The number of hydrogen-bond acceptors (Lipinski definition) is 3. The quantitative estimate of drug-likeness (QED) is 0.747. The summed E-state index contributed by atoms with van der Waals surface area (Å²) in [5.41, 5.74) is 0.375. The Morgan fingerprint density at radius 1 is 1.53 bits per heavy atom. The van der Waals surface area contributed by atoms with E-state index in [2.05, 4.69) is 5.32 Å². The van der Waals surface area contributed by atoms with E-state index in [1.54, 1.807) is 0 Å². The Bertz CT molecular complexity index is 484. The minimum atomic E-state index is -3.28. The summed E-state index contributed by atoms with van der Waals surface area (Å²) in [5, 5.41) is 2.53. The van der Waals surface area contributed by atoms with Gasteiger partial charge in [0.2, 0.25) is 0 Å². The van der Waals surface area contributed by atoms with Crippen molar-refractivity contribution in [2.75, 3.05) is 11.9 Å². The van der Waals surface area contributed by atoms with Gasteiger partial charge in [0.05, 0.1) is 15.8 Å². The lowest BCUT2D eigenvalue weighted by molar-refractivity contribution is 0.573. The largest absolute Gasteiger partial charge is 0.383 e. The normalized spacial score (nSPS) is 22.9. The summed E-state index contributed by atoms with van der Waals surface area (Å²) in [6.07, 6.45) is 0.562. The average molecular weight is 229 g/mol. The molecule has 0 bridgehead atoms. The Morgan fingerprint density at radius 2 is 2.27 bits per heavy atom. The van der Waals surface area contributed by atoms with Gasteiger partial charge in [-0.25, -0.2) is 12.8 Å². The van der Waals surface area contributed by atoms with Crippen molar-refractivity contribution in [3.8, 4) is 0 Å². The summed E-state index contributed by atoms with van der Waals surface area (Å²) in [4.78, 5) is 0.210. The van der Waals surface area contributed by atoms with Crippen LogP contribution in [0.1, 0.15) is 13.3 Å². The summed E-state index contributed by atoms with van der Waals surface area (Å²) in [5.74, 6) is -0.425. The first-order chi connectivity index (χ1) is 7.05. The lowest BCUT2D eigenvalue weighted by Crippen LogP contribution is -2.33. The molecule has 15 heavy (non-hydrogen) atoms. The molecule has 0 fully saturated rings. The van der Waals surface area contributed by atoms with Crippen LogP contribution >= 0.6 is 0 Å². The fourth-order valence-corrected chi connectivity index (χ4v) is 3.56. The van der Waals surface area contributed by atoms with Crippen molar-refractivity contribution in [3.63, 3.8) is 0 Å². The Hall–Kier alpha value is -1.10. The van der Waals surface area contributed by atoms with E-state index in [0.29, 0.717) is 18.7 Å². The molecule has 1 aliphatic heterocycles. The second-order valence-electron chi connectivity index (χ2n) is 3.60. The smallest absolute Gasteiger partial charge is 0.184 e. The maximum atomic E-state index is 12.9. The Labute approximate surface area is 88.2 Å². The van der Waals surface area contributed by atoms with Gasteiger partial charge in [-0.05, 0) is 24.6 Å². The second kappa shape index (κ2) is 3.48. The van der Waals surface area contributed by atoms with Crippen LogP contribution in [0.15, 0.2) is 23.1 Å². The predicted octanol–water partition coefficient (Wildman–Crippen LogP) is 1.80. The van der Waals surface area contributed by atoms with Gasteiger partial charge in [-0.3, -0.25) is 0 Å². The maximum absolute atomic E-state index is 12.9. The van der Waals surface area contributed by atoms with Gasteiger partial charge in [0.25, 0.3) is 0 Å². The van der Waals surface area contributed by atoms with E-state index in [-0.39, 0.29) is 4.90 Å². The molecule has 1 unspecified atom stereocenters. The molecule has 1 N–H and O–H groups in total. The Kier molecular flexibility index (Phi) is 2.42. The molecule has 0 saturated heterocycles. The fraction of sp³-hybridized carbons (Fsp3) is 0.400. The molecule has 0 spiro atoms. The molecular weight excluding hydrogens is 217 g/mol. The summed E-state index contributed by atoms with van der Waals surface area (Å²) in [6, 6.07) is 3.73. The van der Waals surface area contributed by atoms with Crippen LogP contribution in [0.5, 0.6) is 0 Å². The standard InChI is InChI=1S/C10H12FNO2S/c1-2-8-6-12-9-5-7(11)3-4-10(9)15(8,13)14/h3-5,8,12H,2,6H2,1H3. The number of halogens is 1. The van der Waals surface area contributed by atoms with Crippen molar-refractivity contribution in [1.82, 2.24) is 0 Å². The molecular formula is C10H12FNO2S. The minimum Gasteiger partial charge on any atom is -0.383 e. The average Bonchev–Trinajstić information content (AvgIpc) is 2.17. The Balaban J connectivity index is 2.58. The van der Waals surface area contributed by atoms with E-state index in [0.717, 1.165) is 0 Å². The summed E-state index contributed by atoms with van der Waals surface area (Å²) in [7, 11) is -3.28. The summed E-state index contributed by atoms with van der Waals surface area (Å²) >= 11 is 0. The molecule has 1 aromatic carbocycles. The van der Waals surface area contributed by atoms with Gasteiger partial charge < -0.3 is 5.32 Å². The molecule has 0 amide bonds. The molecule has 0 radical (unpaired) electrons. The second-order valence-corrected chi connectivity index (χ2v) is 5.79. The van der Waals surface area contributed by atoms with E-state index in [4.69, 9.17) is 0 Å². The van der Waals surface area contributed by atoms with Gasteiger partial charge in [0.15, 0.2) is 9.84 Å². The highest BCUT2D eigenvalue weighted by molar-refractivity contribution is 7.92. The first-order valence-electron chi connectivity index (χ1n) is 4.83. The molecule has 82 valence electrons. The van der Waals surface area contributed by atoms with Crippen LogP contribution in [0, 0.1) is 5.82 Å². The van der Waals surface area contributed by atoms with Crippen LogP contribution in [-0.2, 0) is 9.84 Å². The van der Waals surface area contributed by atoms with Gasteiger partial charge >= 0.3 is 0 Å². The number of anilines is 1. The van der Waals surface area contributed by atoms with E-state index in [1.807, 2.05) is 6.92 Å². The topological polar surface area (TPSA) is 46.2 Å². The monoisotopic (exact) mass is 229 g/mol. The molecule has 1 atom stereocenters. The van der Waals surface area contributed by atoms with Crippen LogP contribution in [-0.4, -0.2) is 20.2 Å². The van der Waals surface area contributed by atoms with Gasteiger partial charge in [0.1, 0.15) is 5.82 Å². The van der Waals surface area contributed by atoms with Crippen LogP contribution in [0.3, 0.4) is 0 Å². The molecule has 2 rings (SSSR count). The van der Waals surface area contributed by atoms with Crippen LogP contribution in [0.25, 0.3) is 0 Å².